The number of nitrogens with one attached hydrogen (secondary N) is 1. The molecule has 118 valence electrons. The zero-order valence-corrected chi connectivity index (χ0v) is 13.5. The summed E-state index contributed by atoms with van der Waals surface area (Å²) in [5.74, 6) is 0.876. The van der Waals surface area contributed by atoms with Crippen LogP contribution in [-0.4, -0.2) is 39.1 Å². The van der Waals surface area contributed by atoms with Crippen LogP contribution in [0.2, 0.25) is 0 Å². The number of ether oxygens (including phenoxy) is 3. The van der Waals surface area contributed by atoms with Crippen LogP contribution in [0.3, 0.4) is 0 Å². The lowest BCUT2D eigenvalue weighted by Gasteiger charge is -2.33. The first-order valence-corrected chi connectivity index (χ1v) is 7.70. The van der Waals surface area contributed by atoms with E-state index in [4.69, 9.17) is 14.2 Å². The number of benzene rings is 1. The largest absolute Gasteiger partial charge is 0.497 e. The second-order valence-electron chi connectivity index (χ2n) is 5.80. The van der Waals surface area contributed by atoms with Gasteiger partial charge in [-0.3, -0.25) is 0 Å². The standard InChI is InChI=1S/C17H27NO3/c1-12-9-16(10-13(2)21-12)20-11-17(18-3)14-5-7-15(19-4)8-6-14/h5-8,12-13,16-18H,9-11H2,1-4H3. The van der Waals surface area contributed by atoms with Gasteiger partial charge in [0.05, 0.1) is 38.1 Å². The Hall–Kier alpha value is -1.10. The summed E-state index contributed by atoms with van der Waals surface area (Å²) in [6.07, 6.45) is 2.81. The van der Waals surface area contributed by atoms with Crippen LogP contribution in [0.25, 0.3) is 0 Å². The number of hydrogen-bond acceptors (Lipinski definition) is 4. The topological polar surface area (TPSA) is 39.7 Å². The van der Waals surface area contributed by atoms with Crippen LogP contribution in [-0.2, 0) is 9.47 Å². The van der Waals surface area contributed by atoms with Crippen LogP contribution >= 0.6 is 0 Å². The molecule has 0 bridgehead atoms. The Balaban J connectivity index is 1.89. The predicted octanol–water partition coefficient (Wildman–Crippen LogP) is 2.93. The summed E-state index contributed by atoms with van der Waals surface area (Å²) in [6, 6.07) is 8.33. The lowest BCUT2D eigenvalue weighted by molar-refractivity contribution is -0.104. The van der Waals surface area contributed by atoms with Crippen molar-refractivity contribution in [2.75, 3.05) is 20.8 Å². The van der Waals surface area contributed by atoms with Gasteiger partial charge in [-0.05, 0) is 51.4 Å². The Labute approximate surface area is 127 Å². The third-order valence-corrected chi connectivity index (χ3v) is 4.02. The van der Waals surface area contributed by atoms with Crippen LogP contribution in [0.15, 0.2) is 24.3 Å². The van der Waals surface area contributed by atoms with Crippen LogP contribution in [0.1, 0.15) is 38.3 Å². The molecule has 1 N–H and O–H groups in total. The van der Waals surface area contributed by atoms with Crippen molar-refractivity contribution in [1.82, 2.24) is 5.32 Å². The maximum absolute atomic E-state index is 6.11. The van der Waals surface area contributed by atoms with Crippen molar-refractivity contribution in [2.24, 2.45) is 0 Å². The summed E-state index contributed by atoms with van der Waals surface area (Å²) >= 11 is 0. The molecule has 0 aliphatic carbocycles. The maximum Gasteiger partial charge on any atom is 0.118 e. The van der Waals surface area contributed by atoms with Gasteiger partial charge in [-0.25, -0.2) is 0 Å². The highest BCUT2D eigenvalue weighted by molar-refractivity contribution is 5.29. The predicted molar refractivity (Wildman–Crippen MR) is 83.8 cm³/mol. The molecule has 0 radical (unpaired) electrons. The fourth-order valence-corrected chi connectivity index (χ4v) is 2.90. The van der Waals surface area contributed by atoms with E-state index in [1.807, 2.05) is 19.2 Å². The van der Waals surface area contributed by atoms with E-state index >= 15 is 0 Å². The molecule has 0 amide bonds. The van der Waals surface area contributed by atoms with Crippen LogP contribution < -0.4 is 10.1 Å². The van der Waals surface area contributed by atoms with Crippen molar-refractivity contribution >= 4 is 0 Å². The Kier molecular flexibility index (Phi) is 6.03. The van der Waals surface area contributed by atoms with Crippen LogP contribution in [0, 0.1) is 0 Å². The van der Waals surface area contributed by atoms with Gasteiger partial charge in [0.15, 0.2) is 0 Å². The van der Waals surface area contributed by atoms with Gasteiger partial charge < -0.3 is 19.5 Å². The average molecular weight is 293 g/mol. The van der Waals surface area contributed by atoms with Gasteiger partial charge in [0.1, 0.15) is 5.75 Å². The fourth-order valence-electron chi connectivity index (χ4n) is 2.90. The SMILES string of the molecule is CNC(COC1CC(C)OC(C)C1)c1ccc(OC)cc1. The van der Waals surface area contributed by atoms with E-state index in [2.05, 4.69) is 31.3 Å². The summed E-state index contributed by atoms with van der Waals surface area (Å²) in [5.41, 5.74) is 1.21. The van der Waals surface area contributed by atoms with Crippen molar-refractivity contribution in [3.8, 4) is 5.75 Å². The molecular weight excluding hydrogens is 266 g/mol. The second kappa shape index (κ2) is 7.78. The number of methoxy groups -OCH3 is 1. The Morgan fingerprint density at radius 2 is 1.81 bits per heavy atom. The molecule has 3 unspecified atom stereocenters. The molecule has 1 aliphatic rings. The molecule has 1 aromatic rings. The van der Waals surface area contributed by atoms with Crippen molar-refractivity contribution < 1.29 is 14.2 Å². The number of rotatable bonds is 6. The van der Waals surface area contributed by atoms with Crippen molar-refractivity contribution in [2.45, 2.75) is 51.0 Å². The molecule has 1 aromatic carbocycles. The average Bonchev–Trinajstić information content (AvgIpc) is 2.47. The summed E-state index contributed by atoms with van der Waals surface area (Å²) in [7, 11) is 3.65. The molecule has 21 heavy (non-hydrogen) atoms. The fraction of sp³-hybridized carbons (Fsp3) is 0.647. The van der Waals surface area contributed by atoms with Gasteiger partial charge >= 0.3 is 0 Å². The summed E-state index contributed by atoms with van der Waals surface area (Å²) in [4.78, 5) is 0. The summed E-state index contributed by atoms with van der Waals surface area (Å²) in [6.45, 7) is 4.91. The van der Waals surface area contributed by atoms with E-state index in [9.17, 15) is 0 Å². The lowest BCUT2D eigenvalue weighted by atomic mass is 10.0. The second-order valence-corrected chi connectivity index (χ2v) is 5.80. The van der Waals surface area contributed by atoms with Gasteiger partial charge in [0, 0.05) is 0 Å². The molecular formula is C17H27NO3. The minimum absolute atomic E-state index is 0.198. The number of hydrogen-bond donors (Lipinski definition) is 1. The first-order chi connectivity index (χ1) is 10.1. The van der Waals surface area contributed by atoms with E-state index in [1.54, 1.807) is 7.11 Å². The minimum atomic E-state index is 0.198. The zero-order chi connectivity index (χ0) is 15.2. The van der Waals surface area contributed by atoms with E-state index < -0.39 is 0 Å². The molecule has 3 atom stereocenters. The van der Waals surface area contributed by atoms with Gasteiger partial charge in [0.25, 0.3) is 0 Å². The van der Waals surface area contributed by atoms with E-state index in [1.165, 1.54) is 5.56 Å². The number of likely N-dealkylation sites (N-methyl/N-ethyl adjacent to an activating group) is 1. The highest BCUT2D eigenvalue weighted by Crippen LogP contribution is 2.24. The lowest BCUT2D eigenvalue weighted by Crippen LogP contribution is -2.35. The highest BCUT2D eigenvalue weighted by atomic mass is 16.5. The van der Waals surface area contributed by atoms with Crippen molar-refractivity contribution in [3.05, 3.63) is 29.8 Å². The molecule has 0 saturated carbocycles. The van der Waals surface area contributed by atoms with Crippen molar-refractivity contribution in [3.63, 3.8) is 0 Å². The molecule has 1 saturated heterocycles. The maximum atomic E-state index is 6.11. The highest BCUT2D eigenvalue weighted by Gasteiger charge is 2.25. The first kappa shape index (κ1) is 16.3. The van der Waals surface area contributed by atoms with E-state index in [0.29, 0.717) is 6.61 Å². The molecule has 4 nitrogen and oxygen atoms in total. The molecule has 4 heteroatoms. The molecule has 2 rings (SSSR count). The third-order valence-electron chi connectivity index (χ3n) is 4.02. The van der Waals surface area contributed by atoms with Gasteiger partial charge in [-0.1, -0.05) is 12.1 Å². The minimum Gasteiger partial charge on any atom is -0.497 e. The molecule has 1 fully saturated rings. The Morgan fingerprint density at radius 3 is 2.33 bits per heavy atom. The molecule has 0 spiro atoms. The Bertz CT molecular complexity index is 411. The van der Waals surface area contributed by atoms with Crippen LogP contribution in [0.5, 0.6) is 5.75 Å². The normalized spacial score (nSPS) is 27.3. The third kappa shape index (κ3) is 4.70. The van der Waals surface area contributed by atoms with Gasteiger partial charge in [-0.15, -0.1) is 0 Å². The smallest absolute Gasteiger partial charge is 0.118 e. The molecule has 1 aliphatic heterocycles. The zero-order valence-electron chi connectivity index (χ0n) is 13.5. The van der Waals surface area contributed by atoms with E-state index in [-0.39, 0.29) is 24.4 Å². The summed E-state index contributed by atoms with van der Waals surface area (Å²) < 4.78 is 17.1. The Morgan fingerprint density at radius 1 is 1.19 bits per heavy atom. The van der Waals surface area contributed by atoms with Crippen LogP contribution in [0.4, 0.5) is 0 Å². The van der Waals surface area contributed by atoms with E-state index in [0.717, 1.165) is 18.6 Å². The molecule has 0 aromatic heterocycles. The van der Waals surface area contributed by atoms with Gasteiger partial charge in [-0.2, -0.15) is 0 Å². The van der Waals surface area contributed by atoms with Crippen molar-refractivity contribution in [1.29, 1.82) is 0 Å². The van der Waals surface area contributed by atoms with Gasteiger partial charge in [0.2, 0.25) is 0 Å². The monoisotopic (exact) mass is 293 g/mol. The quantitative estimate of drug-likeness (QED) is 0.875. The summed E-state index contributed by atoms with van der Waals surface area (Å²) in [5, 5.41) is 3.32. The first-order valence-electron chi connectivity index (χ1n) is 7.70. The molecule has 1 heterocycles.